The van der Waals surface area contributed by atoms with Gasteiger partial charge in [-0.1, -0.05) is 0 Å². The minimum Gasteiger partial charge on any atom is -0.507 e. The van der Waals surface area contributed by atoms with E-state index in [4.69, 9.17) is 4.74 Å². The lowest BCUT2D eigenvalue weighted by molar-refractivity contribution is -0.0668. The molecule has 0 heterocycles. The average molecular weight is 320 g/mol. The Hall–Kier alpha value is -2.38. The molecule has 3 rings (SSSR count). The highest BCUT2D eigenvalue weighted by atomic mass is 16.5. The van der Waals surface area contributed by atoms with Crippen molar-refractivity contribution in [1.29, 1.82) is 0 Å². The number of benzene rings is 1. The van der Waals surface area contributed by atoms with Crippen molar-refractivity contribution in [2.75, 3.05) is 7.11 Å². The normalized spacial score (nSPS) is 26.4. The van der Waals surface area contributed by atoms with E-state index >= 15 is 0 Å². The Bertz CT molecular complexity index is 773. The SMILES string of the molecule is COC1=CC(=O)c2c(O)c3c(c(O)c2C1=O)C[C@@](C)(O)C(O)C3. The molecule has 2 aliphatic carbocycles. The van der Waals surface area contributed by atoms with Crippen LogP contribution in [0.5, 0.6) is 11.5 Å². The number of phenolic OH excluding ortho intramolecular Hbond substituents is 2. The van der Waals surface area contributed by atoms with Crippen LogP contribution in [-0.4, -0.2) is 50.8 Å². The van der Waals surface area contributed by atoms with E-state index in [9.17, 15) is 30.0 Å². The smallest absolute Gasteiger partial charge is 0.232 e. The number of ketones is 2. The van der Waals surface area contributed by atoms with E-state index in [1.54, 1.807) is 0 Å². The molecule has 0 aliphatic heterocycles. The summed E-state index contributed by atoms with van der Waals surface area (Å²) in [5.41, 5.74) is -1.85. The number of aromatic hydroxyl groups is 2. The Kier molecular flexibility index (Phi) is 3.24. The van der Waals surface area contributed by atoms with Gasteiger partial charge < -0.3 is 25.2 Å². The van der Waals surface area contributed by atoms with Crippen molar-refractivity contribution in [2.24, 2.45) is 0 Å². The van der Waals surface area contributed by atoms with Crippen LogP contribution in [0.15, 0.2) is 11.8 Å². The molecule has 1 aromatic rings. The minimum absolute atomic E-state index is 0.142. The molecule has 1 unspecified atom stereocenters. The van der Waals surface area contributed by atoms with Crippen LogP contribution in [-0.2, 0) is 17.6 Å². The number of allylic oxidation sites excluding steroid dienone is 2. The maximum absolute atomic E-state index is 12.3. The number of methoxy groups -OCH3 is 1. The highest BCUT2D eigenvalue weighted by molar-refractivity contribution is 6.26. The number of phenols is 2. The maximum atomic E-state index is 12.3. The van der Waals surface area contributed by atoms with Crippen LogP contribution in [0.3, 0.4) is 0 Å². The summed E-state index contributed by atoms with van der Waals surface area (Å²) in [4.78, 5) is 24.5. The van der Waals surface area contributed by atoms with Crippen molar-refractivity contribution in [3.8, 4) is 11.5 Å². The largest absolute Gasteiger partial charge is 0.507 e. The molecule has 0 saturated heterocycles. The number of aliphatic hydroxyl groups is 2. The Labute approximate surface area is 131 Å². The van der Waals surface area contributed by atoms with Gasteiger partial charge in [-0.15, -0.1) is 0 Å². The highest BCUT2D eigenvalue weighted by Gasteiger charge is 2.43. The second-order valence-corrected chi connectivity index (χ2v) is 6.06. The average Bonchev–Trinajstić information content (AvgIpc) is 2.48. The Morgan fingerprint density at radius 1 is 1.17 bits per heavy atom. The molecule has 7 nitrogen and oxygen atoms in total. The zero-order valence-electron chi connectivity index (χ0n) is 12.6. The molecular weight excluding hydrogens is 304 g/mol. The molecule has 0 fully saturated rings. The summed E-state index contributed by atoms with van der Waals surface area (Å²) in [5, 5.41) is 41.0. The van der Waals surface area contributed by atoms with E-state index in [1.807, 2.05) is 0 Å². The first-order valence-corrected chi connectivity index (χ1v) is 7.03. The van der Waals surface area contributed by atoms with Gasteiger partial charge in [-0.3, -0.25) is 9.59 Å². The predicted molar refractivity (Wildman–Crippen MR) is 77.6 cm³/mol. The first kappa shape index (κ1) is 15.5. The molecule has 7 heteroatoms. The number of carbonyl (C=O) groups excluding carboxylic acids is 2. The van der Waals surface area contributed by atoms with Crippen molar-refractivity contribution in [3.05, 3.63) is 34.1 Å². The number of hydrogen-bond acceptors (Lipinski definition) is 7. The van der Waals surface area contributed by atoms with Crippen LogP contribution in [0.25, 0.3) is 0 Å². The van der Waals surface area contributed by atoms with Crippen LogP contribution in [0.2, 0.25) is 0 Å². The fourth-order valence-corrected chi connectivity index (χ4v) is 3.12. The van der Waals surface area contributed by atoms with Crippen molar-refractivity contribution >= 4 is 11.6 Å². The van der Waals surface area contributed by atoms with Gasteiger partial charge in [-0.2, -0.15) is 0 Å². The predicted octanol–water partition coefficient (Wildman–Crippen LogP) is 0.218. The highest BCUT2D eigenvalue weighted by Crippen LogP contribution is 2.45. The Morgan fingerprint density at radius 2 is 1.78 bits per heavy atom. The third-order valence-electron chi connectivity index (χ3n) is 4.49. The van der Waals surface area contributed by atoms with Crippen molar-refractivity contribution in [2.45, 2.75) is 31.5 Å². The van der Waals surface area contributed by atoms with E-state index in [0.717, 1.165) is 6.08 Å². The number of Topliss-reactive ketones (excluding diaryl/α,β-unsaturated/α-hetero) is 1. The quantitative estimate of drug-likeness (QED) is 0.545. The second kappa shape index (κ2) is 4.81. The van der Waals surface area contributed by atoms with E-state index in [0.29, 0.717) is 0 Å². The van der Waals surface area contributed by atoms with E-state index in [1.165, 1.54) is 14.0 Å². The summed E-state index contributed by atoms with van der Waals surface area (Å²) in [6.45, 7) is 1.39. The van der Waals surface area contributed by atoms with Gasteiger partial charge in [-0.05, 0) is 6.92 Å². The third-order valence-corrected chi connectivity index (χ3v) is 4.49. The van der Waals surface area contributed by atoms with Crippen LogP contribution in [0, 0.1) is 0 Å². The number of fused-ring (bicyclic) bond motifs is 2. The van der Waals surface area contributed by atoms with Crippen LogP contribution in [0.4, 0.5) is 0 Å². The molecule has 4 N–H and O–H groups in total. The van der Waals surface area contributed by atoms with Crippen molar-refractivity contribution < 1.29 is 34.8 Å². The van der Waals surface area contributed by atoms with Gasteiger partial charge in [0.25, 0.3) is 0 Å². The lowest BCUT2D eigenvalue weighted by Gasteiger charge is -2.36. The van der Waals surface area contributed by atoms with Gasteiger partial charge in [0.1, 0.15) is 11.5 Å². The molecule has 2 aliphatic rings. The molecule has 1 aromatic carbocycles. The molecular formula is C16H16O7. The molecule has 0 spiro atoms. The third kappa shape index (κ3) is 2.04. The summed E-state index contributed by atoms with van der Waals surface area (Å²) in [6, 6.07) is 0. The molecule has 2 atom stereocenters. The number of rotatable bonds is 1. The van der Waals surface area contributed by atoms with Gasteiger partial charge in [0.05, 0.1) is 29.9 Å². The summed E-state index contributed by atoms with van der Waals surface area (Å²) in [6.07, 6.45) is -0.523. The zero-order valence-corrected chi connectivity index (χ0v) is 12.6. The lowest BCUT2D eigenvalue weighted by atomic mass is 9.75. The second-order valence-electron chi connectivity index (χ2n) is 6.06. The number of ether oxygens (including phenoxy) is 1. The van der Waals surface area contributed by atoms with Crippen LogP contribution in [0.1, 0.15) is 38.8 Å². The first-order valence-electron chi connectivity index (χ1n) is 7.03. The molecule has 0 aromatic heterocycles. The first-order chi connectivity index (χ1) is 10.7. The number of hydrogen-bond donors (Lipinski definition) is 4. The van der Waals surface area contributed by atoms with Gasteiger partial charge in [0.15, 0.2) is 11.5 Å². The fraction of sp³-hybridized carbons (Fsp3) is 0.375. The summed E-state index contributed by atoms with van der Waals surface area (Å²) in [7, 11) is 1.22. The number of aliphatic hydroxyl groups excluding tert-OH is 1. The molecule has 0 bridgehead atoms. The molecule has 0 amide bonds. The van der Waals surface area contributed by atoms with Gasteiger partial charge in [0.2, 0.25) is 5.78 Å². The summed E-state index contributed by atoms with van der Waals surface area (Å²) in [5.74, 6) is -2.55. The van der Waals surface area contributed by atoms with E-state index in [2.05, 4.69) is 0 Å². The minimum atomic E-state index is -1.52. The monoisotopic (exact) mass is 320 g/mol. The van der Waals surface area contributed by atoms with E-state index < -0.39 is 34.8 Å². The molecule has 23 heavy (non-hydrogen) atoms. The van der Waals surface area contributed by atoms with E-state index in [-0.39, 0.29) is 40.9 Å². The van der Waals surface area contributed by atoms with Gasteiger partial charge in [0, 0.05) is 30.0 Å². The Balaban J connectivity index is 2.31. The molecule has 0 saturated carbocycles. The van der Waals surface area contributed by atoms with Crippen molar-refractivity contribution in [1.82, 2.24) is 0 Å². The van der Waals surface area contributed by atoms with Crippen LogP contribution >= 0.6 is 0 Å². The summed E-state index contributed by atoms with van der Waals surface area (Å²) < 4.78 is 4.84. The fourth-order valence-electron chi connectivity index (χ4n) is 3.12. The van der Waals surface area contributed by atoms with Crippen LogP contribution < -0.4 is 0 Å². The number of carbonyl (C=O) groups is 2. The topological polar surface area (TPSA) is 124 Å². The summed E-state index contributed by atoms with van der Waals surface area (Å²) >= 11 is 0. The standard InChI is InChI=1S/C16H16O7/c1-16(22)5-7-6(3-10(16)18)13(19)11-8(17)4-9(23-2)15(21)12(11)14(7)20/h4,10,18-20,22H,3,5H2,1-2H3/t10?,16-/m1/s1. The lowest BCUT2D eigenvalue weighted by Crippen LogP contribution is -2.46. The van der Waals surface area contributed by atoms with Gasteiger partial charge >= 0.3 is 0 Å². The Morgan fingerprint density at radius 3 is 2.39 bits per heavy atom. The molecule has 0 radical (unpaired) electrons. The van der Waals surface area contributed by atoms with Crippen molar-refractivity contribution in [3.63, 3.8) is 0 Å². The maximum Gasteiger partial charge on any atom is 0.232 e. The zero-order chi connectivity index (χ0) is 17.1. The van der Waals surface area contributed by atoms with Gasteiger partial charge in [-0.25, -0.2) is 0 Å². The molecule has 122 valence electrons.